The molecule has 1 unspecified atom stereocenters. The van der Waals surface area contributed by atoms with Gasteiger partial charge in [-0.15, -0.1) is 0 Å². The molecule has 25 heavy (non-hydrogen) atoms. The molecule has 0 bridgehead atoms. The molecular formula is C19H22N6. The standard InChI is InChI=1S/C19H22N6/c1-2-9-20-18(8-1)25-13-4-7-17(25)14-23-16-6-3-12-24(15-16)19-21-10-5-11-22-19/h1-2,4-5,7-11,13,16,23H,3,6,12,14-15H2. The van der Waals surface area contributed by atoms with Crippen LogP contribution < -0.4 is 10.2 Å². The summed E-state index contributed by atoms with van der Waals surface area (Å²) in [4.78, 5) is 15.5. The van der Waals surface area contributed by atoms with E-state index in [0.29, 0.717) is 6.04 Å². The first-order valence-electron chi connectivity index (χ1n) is 8.73. The molecule has 1 saturated heterocycles. The van der Waals surface area contributed by atoms with Crippen molar-refractivity contribution in [1.82, 2.24) is 24.8 Å². The fourth-order valence-electron chi connectivity index (χ4n) is 3.31. The Kier molecular flexibility index (Phi) is 4.70. The van der Waals surface area contributed by atoms with Gasteiger partial charge in [0, 0.05) is 56.2 Å². The topological polar surface area (TPSA) is 58.9 Å². The number of pyridine rings is 1. The first-order chi connectivity index (χ1) is 12.4. The summed E-state index contributed by atoms with van der Waals surface area (Å²) >= 11 is 0. The van der Waals surface area contributed by atoms with E-state index >= 15 is 0 Å². The Labute approximate surface area is 147 Å². The zero-order valence-electron chi connectivity index (χ0n) is 14.1. The van der Waals surface area contributed by atoms with Gasteiger partial charge in [-0.2, -0.15) is 0 Å². The average molecular weight is 334 g/mol. The lowest BCUT2D eigenvalue weighted by Gasteiger charge is -2.33. The van der Waals surface area contributed by atoms with Gasteiger partial charge < -0.3 is 14.8 Å². The molecule has 128 valence electrons. The minimum Gasteiger partial charge on any atom is -0.339 e. The number of hydrogen-bond acceptors (Lipinski definition) is 5. The summed E-state index contributed by atoms with van der Waals surface area (Å²) in [6, 6.07) is 12.5. The Hall–Kier alpha value is -2.73. The zero-order valence-corrected chi connectivity index (χ0v) is 14.1. The zero-order chi connectivity index (χ0) is 16.9. The van der Waals surface area contributed by atoms with Gasteiger partial charge in [-0.05, 0) is 43.2 Å². The summed E-state index contributed by atoms with van der Waals surface area (Å²) < 4.78 is 2.13. The Balaban J connectivity index is 1.40. The van der Waals surface area contributed by atoms with Crippen molar-refractivity contribution in [3.8, 4) is 5.82 Å². The van der Waals surface area contributed by atoms with E-state index in [1.54, 1.807) is 12.4 Å². The van der Waals surface area contributed by atoms with Gasteiger partial charge >= 0.3 is 0 Å². The molecule has 1 N–H and O–H groups in total. The molecule has 0 amide bonds. The minimum atomic E-state index is 0.435. The molecule has 0 aliphatic carbocycles. The second kappa shape index (κ2) is 7.44. The highest BCUT2D eigenvalue weighted by Crippen LogP contribution is 2.16. The highest BCUT2D eigenvalue weighted by Gasteiger charge is 2.21. The Morgan fingerprint density at radius 1 is 1.00 bits per heavy atom. The van der Waals surface area contributed by atoms with Crippen LogP contribution in [0.2, 0.25) is 0 Å². The average Bonchev–Trinajstić information content (AvgIpc) is 3.17. The van der Waals surface area contributed by atoms with Crippen molar-refractivity contribution < 1.29 is 0 Å². The maximum absolute atomic E-state index is 4.44. The summed E-state index contributed by atoms with van der Waals surface area (Å²) in [6.45, 7) is 2.78. The number of nitrogens with zero attached hydrogens (tertiary/aromatic N) is 5. The van der Waals surface area contributed by atoms with Crippen molar-refractivity contribution in [3.63, 3.8) is 0 Å². The highest BCUT2D eigenvalue weighted by molar-refractivity contribution is 5.30. The van der Waals surface area contributed by atoms with E-state index in [-0.39, 0.29) is 0 Å². The Morgan fingerprint density at radius 3 is 2.72 bits per heavy atom. The predicted molar refractivity (Wildman–Crippen MR) is 97.7 cm³/mol. The van der Waals surface area contributed by atoms with Crippen LogP contribution in [-0.2, 0) is 6.54 Å². The first-order valence-corrected chi connectivity index (χ1v) is 8.73. The molecule has 6 heteroatoms. The number of hydrogen-bond donors (Lipinski definition) is 1. The van der Waals surface area contributed by atoms with E-state index < -0.39 is 0 Å². The van der Waals surface area contributed by atoms with Crippen molar-refractivity contribution in [3.05, 3.63) is 66.9 Å². The van der Waals surface area contributed by atoms with E-state index in [1.807, 2.05) is 30.5 Å². The summed E-state index contributed by atoms with van der Waals surface area (Å²) in [6.07, 6.45) is 9.82. The molecule has 1 fully saturated rings. The molecule has 0 saturated carbocycles. The van der Waals surface area contributed by atoms with Gasteiger partial charge in [0.15, 0.2) is 0 Å². The second-order valence-electron chi connectivity index (χ2n) is 6.27. The molecule has 4 rings (SSSR count). The van der Waals surface area contributed by atoms with Crippen LogP contribution in [-0.4, -0.2) is 38.7 Å². The van der Waals surface area contributed by atoms with Crippen LogP contribution >= 0.6 is 0 Å². The van der Waals surface area contributed by atoms with Crippen LogP contribution in [0, 0.1) is 0 Å². The summed E-state index contributed by atoms with van der Waals surface area (Å²) in [7, 11) is 0. The number of nitrogens with one attached hydrogen (secondary N) is 1. The van der Waals surface area contributed by atoms with Gasteiger partial charge in [-0.25, -0.2) is 15.0 Å². The lowest BCUT2D eigenvalue weighted by Crippen LogP contribution is -2.46. The van der Waals surface area contributed by atoms with Crippen LogP contribution in [0.1, 0.15) is 18.5 Å². The van der Waals surface area contributed by atoms with Gasteiger partial charge in [0.1, 0.15) is 5.82 Å². The molecule has 1 atom stereocenters. The van der Waals surface area contributed by atoms with E-state index in [1.165, 1.54) is 12.1 Å². The Bertz CT molecular complexity index is 786. The van der Waals surface area contributed by atoms with E-state index in [0.717, 1.165) is 37.8 Å². The van der Waals surface area contributed by atoms with Gasteiger partial charge in [-0.1, -0.05) is 6.07 Å². The maximum Gasteiger partial charge on any atom is 0.225 e. The van der Waals surface area contributed by atoms with Crippen molar-refractivity contribution in [2.75, 3.05) is 18.0 Å². The number of rotatable bonds is 5. The third kappa shape index (κ3) is 3.69. The third-order valence-electron chi connectivity index (χ3n) is 4.56. The smallest absolute Gasteiger partial charge is 0.225 e. The van der Waals surface area contributed by atoms with Crippen LogP contribution in [0.3, 0.4) is 0 Å². The molecule has 0 aromatic carbocycles. The van der Waals surface area contributed by atoms with E-state index in [9.17, 15) is 0 Å². The van der Waals surface area contributed by atoms with Crippen molar-refractivity contribution in [2.45, 2.75) is 25.4 Å². The molecular weight excluding hydrogens is 312 g/mol. The number of piperidine rings is 1. The summed E-state index contributed by atoms with van der Waals surface area (Å²) in [5.41, 5.74) is 1.21. The minimum absolute atomic E-state index is 0.435. The molecule has 1 aliphatic heterocycles. The SMILES string of the molecule is c1ccc(-n2cccc2CNC2CCCN(c3ncccn3)C2)nc1. The lowest BCUT2D eigenvalue weighted by molar-refractivity contribution is 0.415. The van der Waals surface area contributed by atoms with Crippen LogP contribution in [0.15, 0.2) is 61.2 Å². The summed E-state index contributed by atoms with van der Waals surface area (Å²) in [5, 5.41) is 3.69. The number of anilines is 1. The molecule has 3 aromatic rings. The number of aromatic nitrogens is 4. The molecule has 0 radical (unpaired) electrons. The van der Waals surface area contributed by atoms with Gasteiger partial charge in [0.2, 0.25) is 5.95 Å². The Morgan fingerprint density at radius 2 is 1.88 bits per heavy atom. The van der Waals surface area contributed by atoms with Crippen molar-refractivity contribution in [2.24, 2.45) is 0 Å². The van der Waals surface area contributed by atoms with Gasteiger partial charge in [0.05, 0.1) is 0 Å². The quantitative estimate of drug-likeness (QED) is 0.776. The summed E-state index contributed by atoms with van der Waals surface area (Å²) in [5.74, 6) is 1.78. The fourth-order valence-corrected chi connectivity index (χ4v) is 3.31. The molecule has 0 spiro atoms. The van der Waals surface area contributed by atoms with Crippen LogP contribution in [0.25, 0.3) is 5.82 Å². The highest BCUT2D eigenvalue weighted by atomic mass is 15.3. The van der Waals surface area contributed by atoms with Crippen molar-refractivity contribution in [1.29, 1.82) is 0 Å². The van der Waals surface area contributed by atoms with Crippen molar-refractivity contribution >= 4 is 5.95 Å². The van der Waals surface area contributed by atoms with Gasteiger partial charge in [0.25, 0.3) is 0 Å². The molecule has 4 heterocycles. The van der Waals surface area contributed by atoms with Crippen LogP contribution in [0.4, 0.5) is 5.95 Å². The second-order valence-corrected chi connectivity index (χ2v) is 6.27. The maximum atomic E-state index is 4.44. The van der Waals surface area contributed by atoms with Gasteiger partial charge in [-0.3, -0.25) is 0 Å². The normalized spacial score (nSPS) is 17.6. The lowest BCUT2D eigenvalue weighted by atomic mass is 10.1. The predicted octanol–water partition coefficient (Wildman–Crippen LogP) is 2.42. The molecule has 1 aliphatic rings. The first kappa shape index (κ1) is 15.8. The third-order valence-corrected chi connectivity index (χ3v) is 4.56. The van der Waals surface area contributed by atoms with Crippen LogP contribution in [0.5, 0.6) is 0 Å². The van der Waals surface area contributed by atoms with E-state index in [4.69, 9.17) is 0 Å². The van der Waals surface area contributed by atoms with E-state index in [2.05, 4.69) is 48.1 Å². The monoisotopic (exact) mass is 334 g/mol. The molecule has 6 nitrogen and oxygen atoms in total. The molecule has 3 aromatic heterocycles. The largest absolute Gasteiger partial charge is 0.339 e. The fraction of sp³-hybridized carbons (Fsp3) is 0.316.